The van der Waals surface area contributed by atoms with Crippen LogP contribution >= 0.6 is 0 Å². The normalized spacial score (nSPS) is 21.2. The van der Waals surface area contributed by atoms with Crippen LogP contribution in [0.4, 0.5) is 0 Å². The predicted molar refractivity (Wildman–Crippen MR) is 77.6 cm³/mol. The topological polar surface area (TPSA) is 55.6 Å². The van der Waals surface area contributed by atoms with Crippen molar-refractivity contribution >= 4 is 5.91 Å². The third-order valence-corrected chi connectivity index (χ3v) is 4.33. The molecule has 1 fully saturated rings. The molecule has 20 heavy (non-hydrogen) atoms. The van der Waals surface area contributed by atoms with Crippen molar-refractivity contribution in [2.45, 2.75) is 44.2 Å². The molecule has 1 unspecified atom stereocenters. The maximum atomic E-state index is 11.9. The van der Waals surface area contributed by atoms with Crippen LogP contribution in [0, 0.1) is 0 Å². The molecule has 0 saturated heterocycles. The molecule has 4 heteroatoms. The Morgan fingerprint density at radius 1 is 1.40 bits per heavy atom. The average Bonchev–Trinajstić information content (AvgIpc) is 3.28. The van der Waals surface area contributed by atoms with Gasteiger partial charge in [0, 0.05) is 19.1 Å². The van der Waals surface area contributed by atoms with E-state index in [1.807, 2.05) is 25.2 Å². The number of hydrogen-bond donors (Lipinski definition) is 1. The number of nitrogens with two attached hydrogens (primary N) is 1. The van der Waals surface area contributed by atoms with Crippen molar-refractivity contribution in [1.82, 2.24) is 4.90 Å². The summed E-state index contributed by atoms with van der Waals surface area (Å²) < 4.78 is 5.64. The van der Waals surface area contributed by atoms with E-state index < -0.39 is 0 Å². The number of fused-ring (bicyclic) bond motifs is 1. The number of hydrogen-bond acceptors (Lipinski definition) is 3. The minimum Gasteiger partial charge on any atom is -0.484 e. The van der Waals surface area contributed by atoms with Gasteiger partial charge in [0.05, 0.1) is 0 Å². The maximum Gasteiger partial charge on any atom is 0.260 e. The zero-order valence-electron chi connectivity index (χ0n) is 12.0. The first-order valence-corrected chi connectivity index (χ1v) is 7.42. The SMILES string of the molecule is CN(C(=O)COc1ccc2c(c1)CCCC2N)C1CC1. The fraction of sp³-hybridized carbons (Fsp3) is 0.562. The molecule has 0 bridgehead atoms. The van der Waals surface area contributed by atoms with Gasteiger partial charge >= 0.3 is 0 Å². The number of aryl methyl sites for hydroxylation is 1. The van der Waals surface area contributed by atoms with Gasteiger partial charge in [0.25, 0.3) is 5.91 Å². The highest BCUT2D eigenvalue weighted by Gasteiger charge is 2.29. The maximum absolute atomic E-state index is 11.9. The molecule has 1 atom stereocenters. The lowest BCUT2D eigenvalue weighted by Crippen LogP contribution is -2.33. The number of carbonyl (C=O) groups is 1. The summed E-state index contributed by atoms with van der Waals surface area (Å²) in [6.07, 6.45) is 5.48. The molecule has 0 radical (unpaired) electrons. The minimum atomic E-state index is 0.0573. The van der Waals surface area contributed by atoms with E-state index in [4.69, 9.17) is 10.5 Å². The second-order valence-electron chi connectivity index (χ2n) is 5.88. The predicted octanol–water partition coefficient (Wildman–Crippen LogP) is 2.02. The van der Waals surface area contributed by atoms with Crippen molar-refractivity contribution < 1.29 is 9.53 Å². The first kappa shape index (κ1) is 13.4. The van der Waals surface area contributed by atoms with Gasteiger partial charge in [-0.3, -0.25) is 4.79 Å². The zero-order valence-corrected chi connectivity index (χ0v) is 12.0. The number of amides is 1. The molecule has 3 rings (SSSR count). The molecule has 1 amide bonds. The third kappa shape index (κ3) is 2.80. The first-order valence-electron chi connectivity index (χ1n) is 7.42. The first-order chi connectivity index (χ1) is 9.65. The Labute approximate surface area is 119 Å². The summed E-state index contributed by atoms with van der Waals surface area (Å²) in [5, 5.41) is 0. The van der Waals surface area contributed by atoms with Crippen LogP contribution in [0.5, 0.6) is 5.75 Å². The molecule has 1 aromatic rings. The summed E-state index contributed by atoms with van der Waals surface area (Å²) in [6.45, 7) is 0.123. The molecule has 0 spiro atoms. The van der Waals surface area contributed by atoms with Crippen LogP contribution in [0.15, 0.2) is 18.2 Å². The fourth-order valence-electron chi connectivity index (χ4n) is 2.83. The molecule has 2 aliphatic carbocycles. The lowest BCUT2D eigenvalue weighted by molar-refractivity contribution is -0.132. The summed E-state index contributed by atoms with van der Waals surface area (Å²) in [5.74, 6) is 0.831. The largest absolute Gasteiger partial charge is 0.484 e. The molecule has 108 valence electrons. The lowest BCUT2D eigenvalue weighted by Gasteiger charge is -2.23. The van der Waals surface area contributed by atoms with E-state index in [-0.39, 0.29) is 18.6 Å². The van der Waals surface area contributed by atoms with E-state index in [0.717, 1.165) is 37.9 Å². The summed E-state index contributed by atoms with van der Waals surface area (Å²) in [7, 11) is 1.86. The molecule has 2 N–H and O–H groups in total. The number of ether oxygens (including phenoxy) is 1. The molecular formula is C16H22N2O2. The molecule has 2 aliphatic rings. The van der Waals surface area contributed by atoms with Gasteiger partial charge < -0.3 is 15.4 Å². The molecule has 0 heterocycles. The van der Waals surface area contributed by atoms with Gasteiger partial charge in [0.15, 0.2) is 6.61 Å². The number of benzene rings is 1. The Kier molecular flexibility index (Phi) is 3.66. The Hall–Kier alpha value is -1.55. The number of nitrogens with zero attached hydrogens (tertiary/aromatic N) is 1. The average molecular weight is 274 g/mol. The van der Waals surface area contributed by atoms with Crippen LogP contribution in [0.3, 0.4) is 0 Å². The number of rotatable bonds is 4. The second kappa shape index (κ2) is 5.44. The Balaban J connectivity index is 1.61. The van der Waals surface area contributed by atoms with Crippen LogP contribution in [0.25, 0.3) is 0 Å². The number of carbonyl (C=O) groups excluding carboxylic acids is 1. The van der Waals surface area contributed by atoms with E-state index >= 15 is 0 Å². The van der Waals surface area contributed by atoms with Crippen LogP contribution in [-0.4, -0.2) is 30.5 Å². The van der Waals surface area contributed by atoms with Gasteiger partial charge in [-0.2, -0.15) is 0 Å². The summed E-state index contributed by atoms with van der Waals surface area (Å²) in [4.78, 5) is 13.7. The highest BCUT2D eigenvalue weighted by Crippen LogP contribution is 2.30. The lowest BCUT2D eigenvalue weighted by atomic mass is 9.88. The molecule has 0 aromatic heterocycles. The molecule has 1 aromatic carbocycles. The molecule has 4 nitrogen and oxygen atoms in total. The van der Waals surface area contributed by atoms with Crippen LogP contribution in [-0.2, 0) is 11.2 Å². The molecular weight excluding hydrogens is 252 g/mol. The summed E-state index contributed by atoms with van der Waals surface area (Å²) >= 11 is 0. The van der Waals surface area contributed by atoms with Gasteiger partial charge in [-0.1, -0.05) is 6.07 Å². The van der Waals surface area contributed by atoms with Gasteiger partial charge in [0.2, 0.25) is 0 Å². The highest BCUT2D eigenvalue weighted by atomic mass is 16.5. The van der Waals surface area contributed by atoms with Crippen LogP contribution in [0.1, 0.15) is 42.9 Å². The van der Waals surface area contributed by atoms with E-state index in [1.165, 1.54) is 11.1 Å². The van der Waals surface area contributed by atoms with Crippen molar-refractivity contribution in [3.8, 4) is 5.75 Å². The quantitative estimate of drug-likeness (QED) is 0.914. The van der Waals surface area contributed by atoms with E-state index in [2.05, 4.69) is 0 Å². The van der Waals surface area contributed by atoms with Crippen molar-refractivity contribution in [3.05, 3.63) is 29.3 Å². The molecule has 0 aliphatic heterocycles. The fourth-order valence-corrected chi connectivity index (χ4v) is 2.83. The Bertz CT molecular complexity index is 511. The standard InChI is InChI=1S/C16H22N2O2/c1-18(12-5-6-12)16(19)10-20-13-7-8-14-11(9-13)3-2-4-15(14)17/h7-9,12,15H,2-6,10,17H2,1H3. The van der Waals surface area contributed by atoms with E-state index in [1.54, 1.807) is 4.90 Å². The smallest absolute Gasteiger partial charge is 0.260 e. The Morgan fingerprint density at radius 2 is 2.20 bits per heavy atom. The van der Waals surface area contributed by atoms with Crippen molar-refractivity contribution in [3.63, 3.8) is 0 Å². The van der Waals surface area contributed by atoms with Crippen molar-refractivity contribution in [2.75, 3.05) is 13.7 Å². The highest BCUT2D eigenvalue weighted by molar-refractivity contribution is 5.78. The summed E-state index contributed by atoms with van der Waals surface area (Å²) in [6, 6.07) is 6.60. The number of likely N-dealkylation sites (N-methyl/N-ethyl adjacent to an activating group) is 1. The minimum absolute atomic E-state index is 0.0573. The van der Waals surface area contributed by atoms with Gasteiger partial charge in [-0.25, -0.2) is 0 Å². The zero-order chi connectivity index (χ0) is 14.1. The third-order valence-electron chi connectivity index (χ3n) is 4.33. The van der Waals surface area contributed by atoms with E-state index in [9.17, 15) is 4.79 Å². The van der Waals surface area contributed by atoms with Crippen molar-refractivity contribution in [2.24, 2.45) is 5.73 Å². The Morgan fingerprint density at radius 3 is 2.95 bits per heavy atom. The monoisotopic (exact) mass is 274 g/mol. The van der Waals surface area contributed by atoms with E-state index in [0.29, 0.717) is 6.04 Å². The van der Waals surface area contributed by atoms with Gasteiger partial charge in [-0.05, 0) is 55.4 Å². The second-order valence-corrected chi connectivity index (χ2v) is 5.88. The van der Waals surface area contributed by atoms with Crippen LogP contribution < -0.4 is 10.5 Å². The molecule has 1 saturated carbocycles. The summed E-state index contributed by atoms with van der Waals surface area (Å²) in [5.41, 5.74) is 8.59. The van der Waals surface area contributed by atoms with Crippen LogP contribution in [0.2, 0.25) is 0 Å². The van der Waals surface area contributed by atoms with Crippen molar-refractivity contribution in [1.29, 1.82) is 0 Å². The van der Waals surface area contributed by atoms with Gasteiger partial charge in [0.1, 0.15) is 5.75 Å². The van der Waals surface area contributed by atoms with Gasteiger partial charge in [-0.15, -0.1) is 0 Å².